The van der Waals surface area contributed by atoms with E-state index in [2.05, 4.69) is 66.1 Å². The molecule has 2 fully saturated rings. The zero-order valence-corrected chi connectivity index (χ0v) is 17.5. The van der Waals surface area contributed by atoms with Gasteiger partial charge in [0.05, 0.1) is 29.3 Å². The highest BCUT2D eigenvalue weighted by Gasteiger charge is 2.53. The fourth-order valence-corrected chi connectivity index (χ4v) is 5.40. The van der Waals surface area contributed by atoms with E-state index in [1.807, 2.05) is 6.92 Å². The summed E-state index contributed by atoms with van der Waals surface area (Å²) in [6.45, 7) is 7.11. The third-order valence-corrected chi connectivity index (χ3v) is 6.94. The summed E-state index contributed by atoms with van der Waals surface area (Å²) in [4.78, 5) is 9.84. The molecule has 0 spiro atoms. The molecule has 152 valence electrons. The van der Waals surface area contributed by atoms with E-state index < -0.39 is 11.7 Å². The van der Waals surface area contributed by atoms with Crippen LogP contribution in [0.3, 0.4) is 0 Å². The highest BCUT2D eigenvalue weighted by Crippen LogP contribution is 2.50. The quantitative estimate of drug-likeness (QED) is 0.843. The number of hydrogen-bond acceptors (Lipinski definition) is 4. The van der Waals surface area contributed by atoms with E-state index in [0.29, 0.717) is 5.92 Å². The number of nitrogens with zero attached hydrogens (tertiary/aromatic N) is 2. The summed E-state index contributed by atoms with van der Waals surface area (Å²) >= 11 is 0. The fraction of sp³-hybridized carbons (Fsp3) is 0.609. The predicted molar refractivity (Wildman–Crippen MR) is 110 cm³/mol. The van der Waals surface area contributed by atoms with Crippen molar-refractivity contribution in [2.45, 2.75) is 82.3 Å². The SMILES string of the molecule is Cc1[nH]cnc1CN(C)[C@H]1CC[C@@]2(C)C[C@H](c3ccccc3)C[C@](C)(O2)[C@@H]1O. The number of rotatable bonds is 4. The molecule has 0 amide bonds. The monoisotopic (exact) mass is 383 g/mol. The van der Waals surface area contributed by atoms with E-state index in [1.54, 1.807) is 6.33 Å². The lowest BCUT2D eigenvalue weighted by Gasteiger charge is -2.49. The van der Waals surface area contributed by atoms with Gasteiger partial charge in [0.15, 0.2) is 0 Å². The van der Waals surface area contributed by atoms with Crippen LogP contribution >= 0.6 is 0 Å². The zero-order chi connectivity index (χ0) is 19.9. The molecule has 5 nitrogen and oxygen atoms in total. The van der Waals surface area contributed by atoms with Crippen molar-refractivity contribution in [3.8, 4) is 0 Å². The molecule has 5 atom stereocenters. The number of nitrogens with one attached hydrogen (secondary N) is 1. The Bertz CT molecular complexity index is 807. The molecule has 1 aromatic carbocycles. The van der Waals surface area contributed by atoms with Gasteiger partial charge in [-0.2, -0.15) is 0 Å². The first-order chi connectivity index (χ1) is 13.3. The average molecular weight is 384 g/mol. The second-order valence-electron chi connectivity index (χ2n) is 9.32. The number of hydrogen-bond donors (Lipinski definition) is 2. The highest BCUT2D eigenvalue weighted by molar-refractivity contribution is 5.23. The first-order valence-electron chi connectivity index (χ1n) is 10.4. The lowest BCUT2D eigenvalue weighted by molar-refractivity contribution is -0.216. The van der Waals surface area contributed by atoms with Gasteiger partial charge in [-0.15, -0.1) is 0 Å². The Morgan fingerprint density at radius 1 is 1.25 bits per heavy atom. The molecule has 4 rings (SSSR count). The molecule has 2 saturated heterocycles. The summed E-state index contributed by atoms with van der Waals surface area (Å²) in [6, 6.07) is 10.8. The number of fused-ring (bicyclic) bond motifs is 2. The number of likely N-dealkylation sites (N-methyl/N-ethyl adjacent to an activating group) is 1. The second-order valence-corrected chi connectivity index (χ2v) is 9.32. The maximum atomic E-state index is 11.5. The van der Waals surface area contributed by atoms with Crippen LogP contribution < -0.4 is 0 Å². The molecule has 2 aliphatic heterocycles. The maximum absolute atomic E-state index is 11.5. The van der Waals surface area contributed by atoms with Crippen molar-refractivity contribution in [1.82, 2.24) is 14.9 Å². The zero-order valence-electron chi connectivity index (χ0n) is 17.5. The van der Waals surface area contributed by atoms with Gasteiger partial charge >= 0.3 is 0 Å². The van der Waals surface area contributed by atoms with E-state index in [4.69, 9.17) is 4.74 Å². The molecular formula is C23H33N3O2. The molecule has 2 aromatic rings. The van der Waals surface area contributed by atoms with Crippen LogP contribution in [-0.2, 0) is 11.3 Å². The molecular weight excluding hydrogens is 350 g/mol. The van der Waals surface area contributed by atoms with Crippen LogP contribution in [0.2, 0.25) is 0 Å². The van der Waals surface area contributed by atoms with Crippen LogP contribution in [0, 0.1) is 6.92 Å². The van der Waals surface area contributed by atoms with E-state index in [0.717, 1.165) is 43.6 Å². The summed E-state index contributed by atoms with van der Waals surface area (Å²) in [7, 11) is 2.09. The number of aromatic nitrogens is 2. The molecule has 1 aromatic heterocycles. The summed E-state index contributed by atoms with van der Waals surface area (Å²) in [5.41, 5.74) is 2.73. The number of H-pyrrole nitrogens is 1. The Kier molecular flexibility index (Phi) is 5.10. The van der Waals surface area contributed by atoms with E-state index in [1.165, 1.54) is 5.56 Å². The topological polar surface area (TPSA) is 61.4 Å². The van der Waals surface area contributed by atoms with Gasteiger partial charge in [0, 0.05) is 18.3 Å². The number of aromatic amines is 1. The highest BCUT2D eigenvalue weighted by atomic mass is 16.5. The molecule has 28 heavy (non-hydrogen) atoms. The van der Waals surface area contributed by atoms with E-state index in [9.17, 15) is 5.11 Å². The van der Waals surface area contributed by atoms with Gasteiger partial charge in [-0.25, -0.2) is 4.98 Å². The number of imidazole rings is 1. The van der Waals surface area contributed by atoms with Gasteiger partial charge in [-0.1, -0.05) is 30.3 Å². The van der Waals surface area contributed by atoms with Crippen LogP contribution in [0.15, 0.2) is 36.7 Å². The summed E-state index contributed by atoms with van der Waals surface area (Å²) in [5, 5.41) is 11.5. The molecule has 2 bridgehead atoms. The Morgan fingerprint density at radius 3 is 2.68 bits per heavy atom. The molecule has 0 radical (unpaired) electrons. The van der Waals surface area contributed by atoms with E-state index in [-0.39, 0.29) is 11.6 Å². The molecule has 0 unspecified atom stereocenters. The van der Waals surface area contributed by atoms with Gasteiger partial charge in [-0.3, -0.25) is 4.90 Å². The second kappa shape index (κ2) is 7.29. The summed E-state index contributed by atoms with van der Waals surface area (Å²) in [6.07, 6.45) is 4.94. The molecule has 3 heterocycles. The predicted octanol–water partition coefficient (Wildman–Crippen LogP) is 3.78. The van der Waals surface area contributed by atoms with Crippen molar-refractivity contribution in [3.63, 3.8) is 0 Å². The molecule has 2 aliphatic rings. The lowest BCUT2D eigenvalue weighted by atomic mass is 9.74. The van der Waals surface area contributed by atoms with Crippen LogP contribution in [-0.4, -0.2) is 50.4 Å². The third-order valence-electron chi connectivity index (χ3n) is 6.94. The minimum absolute atomic E-state index is 0.0532. The van der Waals surface area contributed by atoms with Crippen LogP contribution in [0.25, 0.3) is 0 Å². The van der Waals surface area contributed by atoms with Gasteiger partial charge in [0.1, 0.15) is 0 Å². The number of benzene rings is 1. The third kappa shape index (κ3) is 3.63. The van der Waals surface area contributed by atoms with Crippen LogP contribution in [0.4, 0.5) is 0 Å². The normalized spacial score (nSPS) is 35.7. The van der Waals surface area contributed by atoms with Gasteiger partial charge in [-0.05, 0) is 65.0 Å². The fourth-order valence-electron chi connectivity index (χ4n) is 5.40. The maximum Gasteiger partial charge on any atom is 0.0982 e. The van der Waals surface area contributed by atoms with Crippen molar-refractivity contribution in [1.29, 1.82) is 0 Å². The van der Waals surface area contributed by atoms with Gasteiger partial charge in [0.25, 0.3) is 0 Å². The first-order valence-corrected chi connectivity index (χ1v) is 10.4. The lowest BCUT2D eigenvalue weighted by Crippen LogP contribution is -2.57. The first kappa shape index (κ1) is 19.6. The molecule has 2 N–H and O–H groups in total. The molecule has 0 aliphatic carbocycles. The Balaban J connectivity index is 1.59. The van der Waals surface area contributed by atoms with Crippen molar-refractivity contribution in [2.75, 3.05) is 7.05 Å². The van der Waals surface area contributed by atoms with Crippen LogP contribution in [0.1, 0.15) is 62.4 Å². The van der Waals surface area contributed by atoms with Gasteiger partial charge in [0.2, 0.25) is 0 Å². The largest absolute Gasteiger partial charge is 0.388 e. The standard InChI is InChI=1S/C23H33N3O2/c1-16-19(25-15-24-16)14-26(4)20-10-11-22(2)12-18(17-8-6-5-7-9-17)13-23(3,28-22)21(20)27/h5-9,15,18,20-21,27H,10-14H2,1-4H3,(H,24,25)/t18-,20-,21+,22-,23-/m0/s1. The minimum atomic E-state index is -0.552. The summed E-state index contributed by atoms with van der Waals surface area (Å²) < 4.78 is 6.63. The number of ether oxygens (including phenoxy) is 1. The summed E-state index contributed by atoms with van der Waals surface area (Å²) in [5.74, 6) is 0.414. The van der Waals surface area contributed by atoms with E-state index >= 15 is 0 Å². The smallest absolute Gasteiger partial charge is 0.0982 e. The van der Waals surface area contributed by atoms with Crippen molar-refractivity contribution < 1.29 is 9.84 Å². The van der Waals surface area contributed by atoms with Crippen LogP contribution in [0.5, 0.6) is 0 Å². The Morgan fingerprint density at radius 2 is 2.00 bits per heavy atom. The average Bonchev–Trinajstić information content (AvgIpc) is 3.03. The Hall–Kier alpha value is -1.69. The van der Waals surface area contributed by atoms with Crippen molar-refractivity contribution in [3.05, 3.63) is 53.6 Å². The number of aliphatic hydroxyl groups excluding tert-OH is 1. The molecule has 5 heteroatoms. The number of aliphatic hydroxyl groups is 1. The minimum Gasteiger partial charge on any atom is -0.388 e. The molecule has 0 saturated carbocycles. The number of aryl methyl sites for hydroxylation is 1. The van der Waals surface area contributed by atoms with Crippen molar-refractivity contribution >= 4 is 0 Å². The Labute approximate surface area is 168 Å². The van der Waals surface area contributed by atoms with Gasteiger partial charge < -0.3 is 14.8 Å². The van der Waals surface area contributed by atoms with Crippen molar-refractivity contribution in [2.24, 2.45) is 0 Å².